The van der Waals surface area contributed by atoms with E-state index in [1.165, 1.54) is 12.0 Å². The van der Waals surface area contributed by atoms with E-state index < -0.39 is 28.9 Å². The van der Waals surface area contributed by atoms with Crippen molar-refractivity contribution in [3.8, 4) is 5.75 Å². The lowest BCUT2D eigenvalue weighted by atomic mass is 9.80. The molecule has 8 nitrogen and oxygen atoms in total. The highest BCUT2D eigenvalue weighted by atomic mass is 16.5. The van der Waals surface area contributed by atoms with Gasteiger partial charge in [0.2, 0.25) is 0 Å². The molecule has 37 heavy (non-hydrogen) atoms. The van der Waals surface area contributed by atoms with Gasteiger partial charge in [0.15, 0.2) is 5.54 Å². The summed E-state index contributed by atoms with van der Waals surface area (Å²) in [6.07, 6.45) is -0.120. The van der Waals surface area contributed by atoms with Crippen LogP contribution in [0.15, 0.2) is 90.5 Å². The van der Waals surface area contributed by atoms with Crippen molar-refractivity contribution in [2.75, 3.05) is 17.3 Å². The number of hydrogen-bond acceptors (Lipinski definition) is 6. The lowest BCUT2D eigenvalue weighted by Crippen LogP contribution is -2.60. The molecule has 1 saturated heterocycles. The number of nitrogens with one attached hydrogen (secondary N) is 1. The van der Waals surface area contributed by atoms with Crippen molar-refractivity contribution in [2.45, 2.75) is 12.0 Å². The monoisotopic (exact) mass is 491 g/mol. The van der Waals surface area contributed by atoms with Gasteiger partial charge in [0.25, 0.3) is 11.7 Å². The van der Waals surface area contributed by atoms with Crippen molar-refractivity contribution in [1.29, 1.82) is 0 Å². The fourth-order valence-corrected chi connectivity index (χ4v) is 5.12. The Balaban J connectivity index is 1.60. The molecule has 3 aromatic carbocycles. The number of ether oxygens (including phenoxy) is 1. The van der Waals surface area contributed by atoms with E-state index in [9.17, 15) is 19.5 Å². The Labute approximate surface area is 211 Å². The lowest BCUT2D eigenvalue weighted by molar-refractivity contribution is -0.132. The zero-order valence-electron chi connectivity index (χ0n) is 19.8. The van der Waals surface area contributed by atoms with Gasteiger partial charge >= 0.3 is 5.91 Å². The molecule has 0 bridgehead atoms. The minimum atomic E-state index is -1.85. The van der Waals surface area contributed by atoms with E-state index in [1.54, 1.807) is 54.6 Å². The molecule has 182 valence electrons. The molecular weight excluding hydrogens is 470 g/mol. The molecule has 8 heteroatoms. The second-order valence-electron chi connectivity index (χ2n) is 8.93. The number of hydrogen-bond donors (Lipinski definition) is 2. The number of ketones is 1. The van der Waals surface area contributed by atoms with Crippen LogP contribution in [-0.2, 0) is 20.8 Å². The minimum absolute atomic E-state index is 0.120. The summed E-state index contributed by atoms with van der Waals surface area (Å²) < 4.78 is 5.19. The molecule has 1 fully saturated rings. The van der Waals surface area contributed by atoms with Crippen LogP contribution in [0.4, 0.5) is 11.4 Å². The fourth-order valence-electron chi connectivity index (χ4n) is 5.12. The van der Waals surface area contributed by atoms with Gasteiger partial charge in [-0.05, 0) is 48.5 Å². The smallest absolute Gasteiger partial charge is 0.300 e. The fraction of sp³-hybridized carbons (Fsp3) is 0.103. The number of nitrogens with zero attached hydrogens (tertiary/aromatic N) is 2. The van der Waals surface area contributed by atoms with Gasteiger partial charge in [-0.1, -0.05) is 36.4 Å². The minimum Gasteiger partial charge on any atom is -0.507 e. The summed E-state index contributed by atoms with van der Waals surface area (Å²) in [5, 5.41) is 15.2. The number of para-hydroxylation sites is 3. The van der Waals surface area contributed by atoms with E-state index in [0.29, 0.717) is 28.3 Å². The Kier molecular flexibility index (Phi) is 5.05. The van der Waals surface area contributed by atoms with E-state index in [-0.39, 0.29) is 17.6 Å². The maximum atomic E-state index is 13.9. The number of carbonyl (C=O) groups excluding carboxylic acids is 3. The summed E-state index contributed by atoms with van der Waals surface area (Å²) in [6, 6.07) is 24.3. The van der Waals surface area contributed by atoms with Crippen molar-refractivity contribution in [1.82, 2.24) is 4.98 Å². The first-order valence-corrected chi connectivity index (χ1v) is 11.7. The summed E-state index contributed by atoms with van der Waals surface area (Å²) >= 11 is 0. The number of aliphatic hydroxyl groups is 1. The number of methoxy groups -OCH3 is 1. The Bertz CT molecular complexity index is 1640. The molecule has 0 radical (unpaired) electrons. The van der Waals surface area contributed by atoms with Crippen LogP contribution >= 0.6 is 0 Å². The van der Waals surface area contributed by atoms with Gasteiger partial charge in [0.05, 0.1) is 29.6 Å². The molecular formula is C29H21N3O5. The lowest BCUT2D eigenvalue weighted by Gasteiger charge is -2.41. The van der Waals surface area contributed by atoms with E-state index >= 15 is 0 Å². The molecule has 0 saturated carbocycles. The molecule has 1 atom stereocenters. The van der Waals surface area contributed by atoms with E-state index in [2.05, 4.69) is 5.32 Å². The molecule has 0 aliphatic carbocycles. The molecule has 2 amide bonds. The van der Waals surface area contributed by atoms with Gasteiger partial charge in [-0.25, -0.2) is 0 Å². The molecule has 1 aromatic heterocycles. The molecule has 1 unspecified atom stereocenters. The van der Waals surface area contributed by atoms with Gasteiger partial charge in [-0.3, -0.25) is 24.3 Å². The summed E-state index contributed by atoms with van der Waals surface area (Å²) in [6.45, 7) is 0. The third kappa shape index (κ3) is 3.30. The maximum Gasteiger partial charge on any atom is 0.300 e. The van der Waals surface area contributed by atoms with Crippen molar-refractivity contribution < 1.29 is 24.2 Å². The van der Waals surface area contributed by atoms with Crippen LogP contribution in [0.25, 0.3) is 16.7 Å². The number of pyridine rings is 1. The Morgan fingerprint density at radius 2 is 1.68 bits per heavy atom. The maximum absolute atomic E-state index is 13.9. The summed E-state index contributed by atoms with van der Waals surface area (Å²) in [5.74, 6) is -2.33. The number of rotatable bonds is 4. The first kappa shape index (κ1) is 22.5. The summed E-state index contributed by atoms with van der Waals surface area (Å²) in [7, 11) is 1.51. The first-order chi connectivity index (χ1) is 17.9. The van der Waals surface area contributed by atoms with Crippen LogP contribution in [0.3, 0.4) is 0 Å². The third-order valence-electron chi connectivity index (χ3n) is 6.88. The molecule has 0 spiro atoms. The number of amides is 2. The van der Waals surface area contributed by atoms with Crippen molar-refractivity contribution >= 4 is 45.6 Å². The number of aromatic nitrogens is 1. The normalized spacial score (nSPS) is 19.9. The van der Waals surface area contributed by atoms with Crippen LogP contribution in [0.2, 0.25) is 0 Å². The number of Topliss-reactive ketones (excluding diaryl/α,β-unsaturated/α-hetero) is 1. The van der Waals surface area contributed by atoms with E-state index in [4.69, 9.17) is 9.72 Å². The van der Waals surface area contributed by atoms with Crippen LogP contribution in [0.1, 0.15) is 11.3 Å². The zero-order valence-corrected chi connectivity index (χ0v) is 19.8. The topological polar surface area (TPSA) is 109 Å². The molecule has 2 aliphatic heterocycles. The van der Waals surface area contributed by atoms with Crippen LogP contribution in [-0.4, -0.2) is 40.3 Å². The number of fused-ring (bicyclic) bond motifs is 4. The number of carbonyl (C=O) groups is 3. The van der Waals surface area contributed by atoms with Crippen LogP contribution in [0, 0.1) is 0 Å². The highest BCUT2D eigenvalue weighted by Crippen LogP contribution is 2.48. The van der Waals surface area contributed by atoms with Gasteiger partial charge in [-0.15, -0.1) is 0 Å². The Morgan fingerprint density at radius 1 is 0.946 bits per heavy atom. The number of benzene rings is 3. The van der Waals surface area contributed by atoms with Gasteiger partial charge in [-0.2, -0.15) is 0 Å². The quantitative estimate of drug-likeness (QED) is 0.253. The molecule has 2 aliphatic rings. The van der Waals surface area contributed by atoms with E-state index in [1.807, 2.05) is 30.3 Å². The predicted molar refractivity (Wildman–Crippen MR) is 138 cm³/mol. The first-order valence-electron chi connectivity index (χ1n) is 11.7. The van der Waals surface area contributed by atoms with Crippen molar-refractivity contribution in [3.63, 3.8) is 0 Å². The SMILES string of the molecule is COc1ccc(/C(O)=C2\C(=O)C(=O)N3c4ccccc4NC(=O)C23Cc2ccc3ccccc3n2)cc1. The standard InChI is InChI=1S/C29H21N3O5/c1-37-20-14-11-18(12-15-20)25(33)24-26(34)27(35)32-23-9-5-4-8-22(23)31-28(36)29(24,32)16-19-13-10-17-6-2-3-7-21(17)30-19/h2-15,33H,16H2,1H3,(H,31,36)/b25-24-. The average molecular weight is 492 g/mol. The third-order valence-corrected chi connectivity index (χ3v) is 6.88. The van der Waals surface area contributed by atoms with E-state index in [0.717, 1.165) is 5.39 Å². The van der Waals surface area contributed by atoms with Crippen LogP contribution < -0.4 is 15.0 Å². The summed E-state index contributed by atoms with van der Waals surface area (Å²) in [4.78, 5) is 46.9. The van der Waals surface area contributed by atoms with Gasteiger partial charge in [0.1, 0.15) is 11.5 Å². The van der Waals surface area contributed by atoms with Crippen molar-refractivity contribution in [2.24, 2.45) is 0 Å². The highest BCUT2D eigenvalue weighted by molar-refractivity contribution is 6.55. The number of aliphatic hydroxyl groups excluding tert-OH is 1. The zero-order chi connectivity index (χ0) is 25.7. The molecule has 6 rings (SSSR count). The Hall–Kier alpha value is -4.98. The summed E-state index contributed by atoms with van der Waals surface area (Å²) in [5.41, 5.74) is 0.114. The van der Waals surface area contributed by atoms with Gasteiger partial charge < -0.3 is 15.2 Å². The second-order valence-corrected chi connectivity index (χ2v) is 8.93. The number of anilines is 2. The second kappa shape index (κ2) is 8.30. The van der Waals surface area contributed by atoms with Crippen LogP contribution in [0.5, 0.6) is 5.75 Å². The van der Waals surface area contributed by atoms with Gasteiger partial charge in [0, 0.05) is 23.1 Å². The average Bonchev–Trinajstić information content (AvgIpc) is 3.15. The molecule has 2 N–H and O–H groups in total. The molecule has 4 aromatic rings. The predicted octanol–water partition coefficient (Wildman–Crippen LogP) is 4.06. The molecule has 3 heterocycles. The largest absolute Gasteiger partial charge is 0.507 e. The Morgan fingerprint density at radius 3 is 2.46 bits per heavy atom. The highest BCUT2D eigenvalue weighted by Gasteiger charge is 2.64. The van der Waals surface area contributed by atoms with Crippen molar-refractivity contribution in [3.05, 3.63) is 102 Å².